The Labute approximate surface area is 306 Å². The van der Waals surface area contributed by atoms with Crippen LogP contribution in [-0.2, 0) is 10.8 Å². The molecule has 2 aliphatic rings. The maximum Gasteiger partial charge on any atom is 0.530 e. The first-order valence-electron chi connectivity index (χ1n) is 17.1. The SMILES string of the molecule is COc1cc(-c2cc(OC)cc(C(C)(C)C)c2OP2Oc3cccc4cccc(c34)O2)c(OP2Oc3cccc4cccc(c34)O2)c(C(C)(C)C)c1. The molecule has 0 spiro atoms. The van der Waals surface area contributed by atoms with E-state index in [4.69, 9.17) is 36.6 Å². The van der Waals surface area contributed by atoms with E-state index in [2.05, 4.69) is 41.5 Å². The Morgan fingerprint density at radius 3 is 1.08 bits per heavy atom. The second-order valence-electron chi connectivity index (χ2n) is 14.8. The highest BCUT2D eigenvalue weighted by atomic mass is 31.2. The van der Waals surface area contributed by atoms with Crippen molar-refractivity contribution >= 4 is 38.7 Å². The lowest BCUT2D eigenvalue weighted by atomic mass is 9.81. The van der Waals surface area contributed by atoms with Crippen LogP contribution >= 0.6 is 17.2 Å². The molecule has 2 heterocycles. The van der Waals surface area contributed by atoms with E-state index in [1.807, 2.05) is 97.1 Å². The first-order valence-corrected chi connectivity index (χ1v) is 19.3. The number of ether oxygens (including phenoxy) is 2. The normalized spacial score (nSPS) is 14.2. The van der Waals surface area contributed by atoms with E-state index in [1.165, 1.54) is 0 Å². The monoisotopic (exact) mass is 734 g/mol. The molecule has 52 heavy (non-hydrogen) atoms. The third-order valence-corrected chi connectivity index (χ3v) is 11.2. The Bertz CT molecular complexity index is 2100. The highest BCUT2D eigenvalue weighted by Crippen LogP contribution is 2.59. The van der Waals surface area contributed by atoms with Gasteiger partial charge in [-0.05, 0) is 70.1 Å². The van der Waals surface area contributed by atoms with Gasteiger partial charge in [0.2, 0.25) is 0 Å². The molecule has 0 unspecified atom stereocenters. The second kappa shape index (κ2) is 12.9. The molecule has 10 heteroatoms. The van der Waals surface area contributed by atoms with E-state index >= 15 is 0 Å². The largest absolute Gasteiger partial charge is 0.530 e. The van der Waals surface area contributed by atoms with Crippen molar-refractivity contribution in [1.29, 1.82) is 0 Å². The van der Waals surface area contributed by atoms with Crippen molar-refractivity contribution in [2.45, 2.75) is 52.4 Å². The van der Waals surface area contributed by atoms with Crippen molar-refractivity contribution in [3.05, 3.63) is 108 Å². The molecule has 266 valence electrons. The number of hydrogen-bond donors (Lipinski definition) is 0. The fourth-order valence-corrected chi connectivity index (χ4v) is 8.75. The van der Waals surface area contributed by atoms with Crippen molar-refractivity contribution in [3.63, 3.8) is 0 Å². The van der Waals surface area contributed by atoms with E-state index < -0.39 is 17.2 Å². The summed E-state index contributed by atoms with van der Waals surface area (Å²) < 4.78 is 51.5. The molecule has 0 aliphatic carbocycles. The highest BCUT2D eigenvalue weighted by molar-refractivity contribution is 7.43. The van der Waals surface area contributed by atoms with Crippen LogP contribution < -0.4 is 36.6 Å². The molecular weight excluding hydrogens is 694 g/mol. The molecule has 0 bridgehead atoms. The maximum atomic E-state index is 6.93. The van der Waals surface area contributed by atoms with Crippen LogP contribution in [0.1, 0.15) is 52.7 Å². The van der Waals surface area contributed by atoms with Gasteiger partial charge in [0.05, 0.1) is 25.0 Å². The van der Waals surface area contributed by atoms with Crippen LogP contribution in [0.15, 0.2) is 97.1 Å². The van der Waals surface area contributed by atoms with Gasteiger partial charge in [0.25, 0.3) is 0 Å². The molecule has 6 aromatic rings. The Kier molecular flexibility index (Phi) is 8.52. The van der Waals surface area contributed by atoms with E-state index in [1.54, 1.807) is 14.2 Å². The summed E-state index contributed by atoms with van der Waals surface area (Å²) in [5.74, 6) is 5.32. The minimum atomic E-state index is -1.92. The van der Waals surface area contributed by atoms with Gasteiger partial charge >= 0.3 is 17.2 Å². The van der Waals surface area contributed by atoms with Gasteiger partial charge in [0.15, 0.2) is 0 Å². The first kappa shape index (κ1) is 34.2. The fraction of sp³-hybridized carbons (Fsp3) is 0.238. The zero-order chi connectivity index (χ0) is 36.4. The van der Waals surface area contributed by atoms with Gasteiger partial charge in [0.1, 0.15) is 46.0 Å². The van der Waals surface area contributed by atoms with Crippen molar-refractivity contribution in [3.8, 4) is 57.1 Å². The van der Waals surface area contributed by atoms with Gasteiger partial charge in [-0.3, -0.25) is 0 Å². The molecule has 0 aromatic heterocycles. The van der Waals surface area contributed by atoms with Gasteiger partial charge in [-0.2, -0.15) is 0 Å². The molecule has 0 N–H and O–H groups in total. The number of rotatable bonds is 7. The first-order chi connectivity index (χ1) is 24.9. The van der Waals surface area contributed by atoms with Gasteiger partial charge < -0.3 is 36.6 Å². The van der Waals surface area contributed by atoms with Crippen molar-refractivity contribution in [2.24, 2.45) is 0 Å². The molecule has 0 saturated heterocycles. The molecule has 0 amide bonds. The molecule has 8 nitrogen and oxygen atoms in total. The van der Waals surface area contributed by atoms with Gasteiger partial charge in [-0.15, -0.1) is 0 Å². The zero-order valence-electron chi connectivity index (χ0n) is 30.4. The molecule has 6 aromatic carbocycles. The number of methoxy groups -OCH3 is 2. The smallest absolute Gasteiger partial charge is 0.497 e. The highest BCUT2D eigenvalue weighted by Gasteiger charge is 2.36. The van der Waals surface area contributed by atoms with Crippen LogP contribution in [0.2, 0.25) is 0 Å². The lowest BCUT2D eigenvalue weighted by Crippen LogP contribution is -2.17. The van der Waals surface area contributed by atoms with Crippen LogP contribution in [0.5, 0.6) is 46.0 Å². The average Bonchev–Trinajstić information content (AvgIpc) is 3.11. The number of hydrogen-bond acceptors (Lipinski definition) is 8. The van der Waals surface area contributed by atoms with E-state index in [0.29, 0.717) is 57.1 Å². The lowest BCUT2D eigenvalue weighted by Gasteiger charge is -2.31. The van der Waals surface area contributed by atoms with Crippen LogP contribution in [0.4, 0.5) is 0 Å². The average molecular weight is 735 g/mol. The summed E-state index contributed by atoms with van der Waals surface area (Å²) >= 11 is 0. The minimum absolute atomic E-state index is 0.378. The Balaban J connectivity index is 1.30. The van der Waals surface area contributed by atoms with Crippen molar-refractivity contribution in [2.75, 3.05) is 14.2 Å². The van der Waals surface area contributed by atoms with E-state index in [9.17, 15) is 0 Å². The maximum absolute atomic E-state index is 6.93. The molecule has 2 aliphatic heterocycles. The summed E-state index contributed by atoms with van der Waals surface area (Å²) in [5, 5.41) is 3.91. The Hall–Kier alpha value is -4.90. The summed E-state index contributed by atoms with van der Waals surface area (Å²) in [5.41, 5.74) is 2.47. The van der Waals surface area contributed by atoms with Gasteiger partial charge in [-0.25, -0.2) is 0 Å². The lowest BCUT2D eigenvalue weighted by molar-refractivity contribution is 0.370. The van der Waals surface area contributed by atoms with Crippen molar-refractivity contribution in [1.82, 2.24) is 0 Å². The third-order valence-electron chi connectivity index (χ3n) is 9.18. The van der Waals surface area contributed by atoms with Crippen LogP contribution in [0.25, 0.3) is 32.7 Å². The molecule has 0 radical (unpaired) electrons. The van der Waals surface area contributed by atoms with Crippen LogP contribution in [-0.4, -0.2) is 14.2 Å². The zero-order valence-corrected chi connectivity index (χ0v) is 32.2. The van der Waals surface area contributed by atoms with Gasteiger partial charge in [0, 0.05) is 22.3 Å². The summed E-state index contributed by atoms with van der Waals surface area (Å²) in [7, 11) is -0.511. The Morgan fingerprint density at radius 1 is 0.462 bits per heavy atom. The van der Waals surface area contributed by atoms with E-state index in [0.717, 1.165) is 32.7 Å². The predicted octanol–water partition coefficient (Wildman–Crippen LogP) is 12.4. The van der Waals surface area contributed by atoms with Gasteiger partial charge in [-0.1, -0.05) is 90.1 Å². The summed E-state index contributed by atoms with van der Waals surface area (Å²) in [6.07, 6.45) is 0. The standard InChI is InChI=1S/C42H40O8P2/c1-41(2,3)31-23-27(43-7)21-29(39(31)49-51-45-33-17-9-13-25-14-10-18-34(46-51)37(25)33)30-22-28(44-8)24-32(42(4,5)6)40(30)50-52-47-35-19-11-15-26-16-12-20-36(48-52)38(26)35/h9-24H,1-8H3. The molecule has 8 rings (SSSR count). The molecular formula is C42H40O8P2. The van der Waals surface area contributed by atoms with Crippen LogP contribution in [0.3, 0.4) is 0 Å². The second-order valence-corrected chi connectivity index (χ2v) is 16.8. The topological polar surface area (TPSA) is 73.8 Å². The third kappa shape index (κ3) is 6.18. The molecule has 0 saturated carbocycles. The fourth-order valence-electron chi connectivity index (χ4n) is 6.58. The quantitative estimate of drug-likeness (QED) is 0.150. The Morgan fingerprint density at radius 2 is 0.788 bits per heavy atom. The minimum Gasteiger partial charge on any atom is -0.497 e. The summed E-state index contributed by atoms with van der Waals surface area (Å²) in [6, 6.07) is 31.8. The summed E-state index contributed by atoms with van der Waals surface area (Å²) in [4.78, 5) is 0. The molecule has 0 fully saturated rings. The van der Waals surface area contributed by atoms with Crippen LogP contribution in [0, 0.1) is 0 Å². The predicted molar refractivity (Wildman–Crippen MR) is 208 cm³/mol. The van der Waals surface area contributed by atoms with Crippen molar-refractivity contribution < 1.29 is 36.6 Å². The summed E-state index contributed by atoms with van der Waals surface area (Å²) in [6.45, 7) is 12.8. The van der Waals surface area contributed by atoms with E-state index in [-0.39, 0.29) is 10.8 Å². The molecule has 0 atom stereocenters. The number of benzene rings is 6.